The standard InChI is InChI=1S/C13H18FNO3/c1-13(2,12(16)17)8-15(3)9-5-6-11(18-4)10(14)7-9/h5-7H,8H2,1-4H3,(H,16,17). The molecule has 0 heterocycles. The maximum Gasteiger partial charge on any atom is 0.310 e. The van der Waals surface area contributed by atoms with Crippen LogP contribution in [0.3, 0.4) is 0 Å². The molecule has 0 aliphatic rings. The molecule has 1 N–H and O–H groups in total. The van der Waals surface area contributed by atoms with Crippen LogP contribution in [0.1, 0.15) is 13.8 Å². The minimum absolute atomic E-state index is 0.171. The molecule has 0 saturated carbocycles. The molecule has 0 amide bonds. The van der Waals surface area contributed by atoms with Gasteiger partial charge in [0.25, 0.3) is 0 Å². The van der Waals surface area contributed by atoms with Crippen LogP contribution in [0.2, 0.25) is 0 Å². The Hall–Kier alpha value is -1.78. The zero-order valence-corrected chi connectivity index (χ0v) is 11.0. The predicted octanol–water partition coefficient (Wildman–Crippen LogP) is 2.38. The molecule has 0 saturated heterocycles. The fourth-order valence-corrected chi connectivity index (χ4v) is 1.64. The molecule has 5 heteroatoms. The molecule has 1 aromatic rings. The molecule has 0 aromatic heterocycles. The summed E-state index contributed by atoms with van der Waals surface area (Å²) < 4.78 is 18.4. The van der Waals surface area contributed by atoms with E-state index in [9.17, 15) is 9.18 Å². The van der Waals surface area contributed by atoms with Crippen LogP contribution >= 0.6 is 0 Å². The predicted molar refractivity (Wildman–Crippen MR) is 67.6 cm³/mol. The third kappa shape index (κ3) is 3.12. The van der Waals surface area contributed by atoms with Crippen molar-refractivity contribution in [2.45, 2.75) is 13.8 Å². The van der Waals surface area contributed by atoms with Gasteiger partial charge in [-0.3, -0.25) is 4.79 Å². The summed E-state index contributed by atoms with van der Waals surface area (Å²) in [6.07, 6.45) is 0. The van der Waals surface area contributed by atoms with Crippen molar-refractivity contribution in [2.75, 3.05) is 25.6 Å². The lowest BCUT2D eigenvalue weighted by atomic mass is 9.93. The minimum Gasteiger partial charge on any atom is -0.494 e. The van der Waals surface area contributed by atoms with Crippen molar-refractivity contribution in [3.05, 3.63) is 24.0 Å². The van der Waals surface area contributed by atoms with Crippen LogP contribution in [0.25, 0.3) is 0 Å². The van der Waals surface area contributed by atoms with Crippen LogP contribution in [0, 0.1) is 11.2 Å². The first-order valence-electron chi connectivity index (χ1n) is 5.56. The summed E-state index contributed by atoms with van der Waals surface area (Å²) in [5, 5.41) is 9.05. The first kappa shape index (κ1) is 14.3. The quantitative estimate of drug-likeness (QED) is 0.877. The molecule has 0 atom stereocenters. The molecular weight excluding hydrogens is 237 g/mol. The van der Waals surface area contributed by atoms with Crippen molar-refractivity contribution in [1.29, 1.82) is 0 Å². The molecule has 1 rings (SSSR count). The van der Waals surface area contributed by atoms with E-state index in [-0.39, 0.29) is 12.3 Å². The van der Waals surface area contributed by atoms with Crippen LogP contribution in [0.15, 0.2) is 18.2 Å². The first-order valence-corrected chi connectivity index (χ1v) is 5.56. The van der Waals surface area contributed by atoms with Crippen molar-refractivity contribution in [3.8, 4) is 5.75 Å². The van der Waals surface area contributed by atoms with Crippen molar-refractivity contribution in [2.24, 2.45) is 5.41 Å². The van der Waals surface area contributed by atoms with Gasteiger partial charge in [0.2, 0.25) is 0 Å². The number of carboxylic acid groups (broad SMARTS) is 1. The number of carboxylic acids is 1. The molecule has 0 radical (unpaired) electrons. The number of halogens is 1. The van der Waals surface area contributed by atoms with Crippen LogP contribution in [0.4, 0.5) is 10.1 Å². The third-order valence-corrected chi connectivity index (χ3v) is 2.79. The van der Waals surface area contributed by atoms with Gasteiger partial charge >= 0.3 is 5.97 Å². The van der Waals surface area contributed by atoms with Crippen molar-refractivity contribution in [3.63, 3.8) is 0 Å². The van der Waals surface area contributed by atoms with Crippen LogP contribution in [-0.2, 0) is 4.79 Å². The van der Waals surface area contributed by atoms with Gasteiger partial charge in [0, 0.05) is 25.3 Å². The summed E-state index contributed by atoms with van der Waals surface area (Å²) in [6, 6.07) is 4.55. The molecule has 1 aromatic carbocycles. The summed E-state index contributed by atoms with van der Waals surface area (Å²) in [4.78, 5) is 12.7. The van der Waals surface area contributed by atoms with E-state index < -0.39 is 17.2 Å². The van der Waals surface area contributed by atoms with Crippen LogP contribution < -0.4 is 9.64 Å². The van der Waals surface area contributed by atoms with E-state index >= 15 is 0 Å². The topological polar surface area (TPSA) is 49.8 Å². The number of methoxy groups -OCH3 is 1. The SMILES string of the molecule is COc1ccc(N(C)CC(C)(C)C(=O)O)cc1F. The van der Waals surface area contributed by atoms with Gasteiger partial charge < -0.3 is 14.7 Å². The van der Waals surface area contributed by atoms with Gasteiger partial charge in [0.05, 0.1) is 12.5 Å². The molecule has 4 nitrogen and oxygen atoms in total. The van der Waals surface area contributed by atoms with Gasteiger partial charge in [0.1, 0.15) is 0 Å². The Balaban J connectivity index is 2.88. The number of anilines is 1. The third-order valence-electron chi connectivity index (χ3n) is 2.79. The Morgan fingerprint density at radius 3 is 2.56 bits per heavy atom. The molecule has 100 valence electrons. The second-order valence-electron chi connectivity index (χ2n) is 4.86. The fraction of sp³-hybridized carbons (Fsp3) is 0.462. The van der Waals surface area contributed by atoms with E-state index in [1.165, 1.54) is 19.2 Å². The van der Waals surface area contributed by atoms with E-state index in [0.717, 1.165) is 0 Å². The second-order valence-corrected chi connectivity index (χ2v) is 4.86. The summed E-state index contributed by atoms with van der Waals surface area (Å²) >= 11 is 0. The van der Waals surface area contributed by atoms with Gasteiger partial charge in [0.15, 0.2) is 11.6 Å². The lowest BCUT2D eigenvalue weighted by molar-refractivity contribution is -0.146. The Morgan fingerprint density at radius 1 is 1.50 bits per heavy atom. The number of hydrogen-bond acceptors (Lipinski definition) is 3. The number of rotatable bonds is 5. The van der Waals surface area contributed by atoms with Crippen LogP contribution in [-0.4, -0.2) is 31.8 Å². The zero-order valence-electron chi connectivity index (χ0n) is 11.0. The number of aliphatic carboxylic acids is 1. The second kappa shape index (κ2) is 5.25. The molecule has 0 fully saturated rings. The van der Waals surface area contributed by atoms with Crippen molar-refractivity contribution >= 4 is 11.7 Å². The summed E-state index contributed by atoms with van der Waals surface area (Å²) in [5.41, 5.74) is -0.284. The molecular formula is C13H18FNO3. The van der Waals surface area contributed by atoms with E-state index in [4.69, 9.17) is 9.84 Å². The van der Waals surface area contributed by atoms with Gasteiger partial charge in [-0.15, -0.1) is 0 Å². The van der Waals surface area contributed by atoms with Gasteiger partial charge in [-0.25, -0.2) is 4.39 Å². The van der Waals surface area contributed by atoms with Crippen molar-refractivity contribution in [1.82, 2.24) is 0 Å². The average Bonchev–Trinajstić information content (AvgIpc) is 2.28. The van der Waals surface area contributed by atoms with Gasteiger partial charge in [-0.1, -0.05) is 0 Å². The van der Waals surface area contributed by atoms with Crippen molar-refractivity contribution < 1.29 is 19.0 Å². The molecule has 0 aliphatic heterocycles. The minimum atomic E-state index is -0.898. The van der Waals surface area contributed by atoms with Gasteiger partial charge in [-0.05, 0) is 26.0 Å². The maximum absolute atomic E-state index is 13.5. The smallest absolute Gasteiger partial charge is 0.310 e. The van der Waals surface area contributed by atoms with E-state index in [1.807, 2.05) is 0 Å². The normalized spacial score (nSPS) is 11.2. The lowest BCUT2D eigenvalue weighted by Crippen LogP contribution is -2.37. The molecule has 0 bridgehead atoms. The highest BCUT2D eigenvalue weighted by molar-refractivity contribution is 5.74. The number of carbonyl (C=O) groups is 1. The highest BCUT2D eigenvalue weighted by atomic mass is 19.1. The number of ether oxygens (including phenoxy) is 1. The van der Waals surface area contributed by atoms with E-state index in [1.54, 1.807) is 31.9 Å². The number of hydrogen-bond donors (Lipinski definition) is 1. The summed E-state index contributed by atoms with van der Waals surface area (Å²) in [7, 11) is 3.13. The zero-order chi connectivity index (χ0) is 13.9. The Morgan fingerprint density at radius 2 is 2.11 bits per heavy atom. The lowest BCUT2D eigenvalue weighted by Gasteiger charge is -2.28. The van der Waals surface area contributed by atoms with E-state index in [2.05, 4.69) is 0 Å². The average molecular weight is 255 g/mol. The van der Waals surface area contributed by atoms with E-state index in [0.29, 0.717) is 5.69 Å². The Kier molecular flexibility index (Phi) is 4.16. The molecule has 0 unspecified atom stereocenters. The summed E-state index contributed by atoms with van der Waals surface area (Å²) in [5.74, 6) is -1.18. The fourth-order valence-electron chi connectivity index (χ4n) is 1.64. The van der Waals surface area contributed by atoms with Gasteiger partial charge in [-0.2, -0.15) is 0 Å². The number of benzene rings is 1. The Bertz CT molecular complexity index is 446. The highest BCUT2D eigenvalue weighted by Gasteiger charge is 2.29. The first-order chi connectivity index (χ1) is 8.27. The maximum atomic E-state index is 13.5. The summed E-state index contributed by atoms with van der Waals surface area (Å²) in [6.45, 7) is 3.55. The number of nitrogens with zero attached hydrogens (tertiary/aromatic N) is 1. The molecule has 18 heavy (non-hydrogen) atoms. The monoisotopic (exact) mass is 255 g/mol. The Labute approximate surface area is 106 Å². The highest BCUT2D eigenvalue weighted by Crippen LogP contribution is 2.25. The van der Waals surface area contributed by atoms with Crippen LogP contribution in [0.5, 0.6) is 5.75 Å². The largest absolute Gasteiger partial charge is 0.494 e. The molecule has 0 aliphatic carbocycles. The molecule has 0 spiro atoms.